The topological polar surface area (TPSA) is 84.2 Å². The SMILES string of the molecule is COc1ncc(-c2ccc3nc4n(c3n2)C2(CCOc3ccccc32)COC4)cn1. The van der Waals surface area contributed by atoms with Crippen LogP contribution in [0.15, 0.2) is 48.8 Å². The Labute approximate surface area is 172 Å². The predicted octanol–water partition coefficient (Wildman–Crippen LogP) is 2.95. The fraction of sp³-hybridized carbons (Fsp3) is 0.273. The van der Waals surface area contributed by atoms with Gasteiger partial charge in [0.2, 0.25) is 0 Å². The lowest BCUT2D eigenvalue weighted by molar-refractivity contribution is 0.00399. The van der Waals surface area contributed by atoms with E-state index < -0.39 is 0 Å². The number of nitrogens with zero attached hydrogens (tertiary/aromatic N) is 5. The molecule has 0 amide bonds. The molecule has 2 aliphatic rings. The molecular weight excluding hydrogens is 382 g/mol. The minimum Gasteiger partial charge on any atom is -0.493 e. The van der Waals surface area contributed by atoms with E-state index in [1.165, 1.54) is 0 Å². The van der Waals surface area contributed by atoms with Crippen LogP contribution in [0.2, 0.25) is 0 Å². The van der Waals surface area contributed by atoms with Gasteiger partial charge in [0.25, 0.3) is 0 Å². The molecule has 6 rings (SSSR count). The van der Waals surface area contributed by atoms with Gasteiger partial charge in [0.1, 0.15) is 29.2 Å². The lowest BCUT2D eigenvalue weighted by Crippen LogP contribution is -2.47. The zero-order valence-electron chi connectivity index (χ0n) is 16.4. The van der Waals surface area contributed by atoms with Crippen LogP contribution in [0.1, 0.15) is 17.8 Å². The molecule has 4 aromatic rings. The molecule has 0 radical (unpaired) electrons. The standard InChI is InChI=1S/C22H19N5O3/c1-28-21-23-10-14(11-24-21)16-6-7-17-20(26-16)27-19(25-17)12-29-13-22(27)8-9-30-18-5-3-2-4-15(18)22/h2-7,10-11H,8-9,12-13H2,1H3. The van der Waals surface area contributed by atoms with E-state index in [1.54, 1.807) is 19.5 Å². The maximum Gasteiger partial charge on any atom is 0.316 e. The fourth-order valence-corrected chi connectivity index (χ4v) is 4.46. The quantitative estimate of drug-likeness (QED) is 0.511. The monoisotopic (exact) mass is 401 g/mol. The molecule has 0 N–H and O–H groups in total. The van der Waals surface area contributed by atoms with Crippen molar-refractivity contribution in [1.29, 1.82) is 0 Å². The van der Waals surface area contributed by atoms with E-state index >= 15 is 0 Å². The summed E-state index contributed by atoms with van der Waals surface area (Å²) in [5, 5.41) is 0. The van der Waals surface area contributed by atoms with Gasteiger partial charge < -0.3 is 14.2 Å². The Kier molecular flexibility index (Phi) is 3.76. The highest BCUT2D eigenvalue weighted by atomic mass is 16.5. The Hall–Kier alpha value is -3.52. The number of para-hydroxylation sites is 1. The summed E-state index contributed by atoms with van der Waals surface area (Å²) in [7, 11) is 1.55. The largest absolute Gasteiger partial charge is 0.493 e. The first-order chi connectivity index (χ1) is 14.8. The third kappa shape index (κ3) is 2.43. The molecular formula is C22H19N5O3. The first kappa shape index (κ1) is 17.3. The Bertz CT molecular complexity index is 1250. The van der Waals surface area contributed by atoms with Crippen LogP contribution in [0.25, 0.3) is 22.4 Å². The van der Waals surface area contributed by atoms with Crippen LogP contribution in [-0.4, -0.2) is 44.8 Å². The molecule has 1 atom stereocenters. The van der Waals surface area contributed by atoms with Gasteiger partial charge in [0.15, 0.2) is 5.65 Å². The molecule has 3 aromatic heterocycles. The van der Waals surface area contributed by atoms with Gasteiger partial charge in [-0.2, -0.15) is 0 Å². The van der Waals surface area contributed by atoms with Crippen molar-refractivity contribution >= 4 is 11.2 Å². The summed E-state index contributed by atoms with van der Waals surface area (Å²) in [6, 6.07) is 12.4. The fourth-order valence-electron chi connectivity index (χ4n) is 4.46. The minimum absolute atomic E-state index is 0.330. The van der Waals surface area contributed by atoms with E-state index in [4.69, 9.17) is 24.2 Å². The molecule has 1 unspecified atom stereocenters. The molecule has 0 fully saturated rings. The predicted molar refractivity (Wildman–Crippen MR) is 108 cm³/mol. The number of rotatable bonds is 2. The average molecular weight is 401 g/mol. The second-order valence-electron chi connectivity index (χ2n) is 7.48. The maximum atomic E-state index is 6.02. The highest BCUT2D eigenvalue weighted by Crippen LogP contribution is 2.44. The van der Waals surface area contributed by atoms with Crippen LogP contribution in [0.5, 0.6) is 11.8 Å². The lowest BCUT2D eigenvalue weighted by Gasteiger charge is -2.43. The third-order valence-corrected chi connectivity index (χ3v) is 5.84. The Morgan fingerprint density at radius 3 is 2.80 bits per heavy atom. The molecule has 150 valence electrons. The van der Waals surface area contributed by atoms with E-state index in [-0.39, 0.29) is 5.54 Å². The third-order valence-electron chi connectivity index (χ3n) is 5.84. The number of aromatic nitrogens is 5. The number of hydrogen-bond acceptors (Lipinski definition) is 7. The Morgan fingerprint density at radius 2 is 1.93 bits per heavy atom. The summed E-state index contributed by atoms with van der Waals surface area (Å²) in [6.07, 6.45) is 4.23. The lowest BCUT2D eigenvalue weighted by atomic mass is 9.84. The number of benzene rings is 1. The minimum atomic E-state index is -0.390. The first-order valence-electron chi connectivity index (χ1n) is 9.84. The molecule has 1 spiro atoms. The molecule has 8 heteroatoms. The van der Waals surface area contributed by atoms with Gasteiger partial charge in [0.05, 0.1) is 26.0 Å². The highest BCUT2D eigenvalue weighted by Gasteiger charge is 2.44. The molecule has 8 nitrogen and oxygen atoms in total. The smallest absolute Gasteiger partial charge is 0.316 e. The molecule has 5 heterocycles. The summed E-state index contributed by atoms with van der Waals surface area (Å²) >= 11 is 0. The van der Waals surface area contributed by atoms with Gasteiger partial charge in [-0.1, -0.05) is 18.2 Å². The van der Waals surface area contributed by atoms with Crippen LogP contribution in [0, 0.1) is 0 Å². The maximum absolute atomic E-state index is 6.02. The van der Waals surface area contributed by atoms with Gasteiger partial charge in [0, 0.05) is 29.9 Å². The van der Waals surface area contributed by atoms with Crippen LogP contribution in [-0.2, 0) is 16.9 Å². The molecule has 0 bridgehead atoms. The van der Waals surface area contributed by atoms with E-state index in [9.17, 15) is 0 Å². The van der Waals surface area contributed by atoms with Crippen molar-refractivity contribution in [2.75, 3.05) is 20.3 Å². The molecule has 0 saturated heterocycles. The second-order valence-corrected chi connectivity index (χ2v) is 7.48. The van der Waals surface area contributed by atoms with Crippen molar-refractivity contribution in [3.63, 3.8) is 0 Å². The summed E-state index contributed by atoms with van der Waals surface area (Å²) in [6.45, 7) is 1.64. The number of methoxy groups -OCH3 is 1. The summed E-state index contributed by atoms with van der Waals surface area (Å²) in [5.74, 6) is 1.77. The number of ether oxygens (including phenoxy) is 3. The second kappa shape index (κ2) is 6.50. The Morgan fingerprint density at radius 1 is 1.07 bits per heavy atom. The van der Waals surface area contributed by atoms with E-state index in [0.717, 1.165) is 46.0 Å². The molecule has 0 saturated carbocycles. The highest BCUT2D eigenvalue weighted by molar-refractivity contribution is 5.77. The average Bonchev–Trinajstić information content (AvgIpc) is 3.19. The number of hydrogen-bond donors (Lipinski definition) is 0. The summed E-state index contributed by atoms with van der Waals surface area (Å²) in [5.41, 5.74) is 4.00. The van der Waals surface area contributed by atoms with E-state index in [1.807, 2.05) is 30.3 Å². The van der Waals surface area contributed by atoms with Crippen molar-refractivity contribution in [2.45, 2.75) is 18.6 Å². The molecule has 1 aromatic carbocycles. The molecule has 2 aliphatic heterocycles. The van der Waals surface area contributed by atoms with Gasteiger partial charge in [-0.3, -0.25) is 4.57 Å². The van der Waals surface area contributed by atoms with Crippen LogP contribution in [0.4, 0.5) is 0 Å². The summed E-state index contributed by atoms with van der Waals surface area (Å²) < 4.78 is 19.3. The van der Waals surface area contributed by atoms with E-state index in [2.05, 4.69) is 20.6 Å². The number of imidazole rings is 1. The normalized spacial score (nSPS) is 19.9. The van der Waals surface area contributed by atoms with Crippen molar-refractivity contribution < 1.29 is 14.2 Å². The van der Waals surface area contributed by atoms with Crippen LogP contribution in [0.3, 0.4) is 0 Å². The zero-order chi connectivity index (χ0) is 20.1. The number of fused-ring (bicyclic) bond motifs is 6. The number of pyridine rings is 1. The van der Waals surface area contributed by atoms with E-state index in [0.29, 0.717) is 25.8 Å². The van der Waals surface area contributed by atoms with Crippen LogP contribution < -0.4 is 9.47 Å². The van der Waals surface area contributed by atoms with Gasteiger partial charge in [-0.15, -0.1) is 0 Å². The van der Waals surface area contributed by atoms with Gasteiger partial charge >= 0.3 is 6.01 Å². The first-order valence-corrected chi connectivity index (χ1v) is 9.84. The molecule has 30 heavy (non-hydrogen) atoms. The van der Waals surface area contributed by atoms with Crippen molar-refractivity contribution in [1.82, 2.24) is 24.5 Å². The summed E-state index contributed by atoms with van der Waals surface area (Å²) in [4.78, 5) is 18.2. The van der Waals surface area contributed by atoms with Crippen molar-refractivity contribution in [3.8, 4) is 23.0 Å². The van der Waals surface area contributed by atoms with Gasteiger partial charge in [-0.25, -0.2) is 19.9 Å². The zero-order valence-corrected chi connectivity index (χ0v) is 16.4. The molecule has 0 aliphatic carbocycles. The van der Waals surface area contributed by atoms with Gasteiger partial charge in [-0.05, 0) is 18.2 Å². The Balaban J connectivity index is 1.57. The van der Waals surface area contributed by atoms with Crippen molar-refractivity contribution in [2.24, 2.45) is 0 Å². The van der Waals surface area contributed by atoms with Crippen LogP contribution >= 0.6 is 0 Å². The van der Waals surface area contributed by atoms with Crippen molar-refractivity contribution in [3.05, 3.63) is 60.2 Å².